The molecule has 0 aliphatic heterocycles. The van der Waals surface area contributed by atoms with Crippen molar-refractivity contribution in [3.8, 4) is 112 Å². The number of rotatable bonds is 10. The van der Waals surface area contributed by atoms with Crippen molar-refractivity contribution >= 4 is 11.0 Å². The first-order valence-corrected chi connectivity index (χ1v) is 35.9. The van der Waals surface area contributed by atoms with Crippen molar-refractivity contribution in [2.24, 2.45) is 0 Å². The summed E-state index contributed by atoms with van der Waals surface area (Å²) in [4.78, 5) is 12.4. The van der Waals surface area contributed by atoms with Crippen LogP contribution in [0.1, 0.15) is 94.5 Å². The molecule has 0 saturated carbocycles. The number of benzene rings is 15. The Balaban J connectivity index is 0.827. The van der Waals surface area contributed by atoms with Crippen molar-refractivity contribution in [2.45, 2.75) is 49.4 Å². The molecule has 0 bridgehead atoms. The smallest absolute Gasteiger partial charge is 0.0979 e. The predicted molar refractivity (Wildman–Crippen MR) is 422 cm³/mol. The van der Waals surface area contributed by atoms with Crippen LogP contribution in [-0.2, 0) is 21.7 Å². The van der Waals surface area contributed by atoms with Crippen LogP contribution in [0.2, 0.25) is 0 Å². The Morgan fingerprint density at radius 1 is 0.176 bits per heavy atom. The van der Waals surface area contributed by atoms with Gasteiger partial charge in [0.2, 0.25) is 0 Å². The first-order valence-electron chi connectivity index (χ1n) is 35.9. The van der Waals surface area contributed by atoms with Crippen molar-refractivity contribution in [2.75, 3.05) is 0 Å². The first-order chi connectivity index (χ1) is 50.1. The quantitative estimate of drug-likeness (QED) is 0.136. The van der Waals surface area contributed by atoms with Gasteiger partial charge in [0.1, 0.15) is 0 Å². The van der Waals surface area contributed by atoms with Crippen LogP contribution in [-0.4, -0.2) is 9.97 Å². The molecule has 0 amide bonds. The molecule has 1 aromatic heterocycles. The highest BCUT2D eigenvalue weighted by atomic mass is 14.8. The molecule has 0 saturated heterocycles. The second-order valence-corrected chi connectivity index (χ2v) is 29.4. The molecule has 2 heteroatoms. The van der Waals surface area contributed by atoms with E-state index in [1.54, 1.807) is 0 Å². The van der Waals surface area contributed by atoms with Crippen molar-refractivity contribution in [1.29, 1.82) is 0 Å². The van der Waals surface area contributed by atoms with Crippen molar-refractivity contribution in [3.63, 3.8) is 0 Å². The summed E-state index contributed by atoms with van der Waals surface area (Å²) in [5.41, 5.74) is 38.2. The van der Waals surface area contributed by atoms with Gasteiger partial charge in [-0.3, -0.25) is 0 Å². The molecule has 0 atom stereocenters. The molecule has 0 radical (unpaired) electrons. The van der Waals surface area contributed by atoms with E-state index >= 15 is 0 Å². The lowest BCUT2D eigenvalue weighted by Gasteiger charge is -2.34. The fourth-order valence-corrected chi connectivity index (χ4v) is 18.6. The molecule has 1 heterocycles. The first kappa shape index (κ1) is 59.7. The Bertz CT molecular complexity index is 5630. The fraction of sp³-hybridized carbons (Fsp3) is 0.0800. The Morgan fingerprint density at radius 3 is 0.755 bits per heavy atom. The maximum Gasteiger partial charge on any atom is 0.0979 e. The van der Waals surface area contributed by atoms with Gasteiger partial charge in [-0.15, -0.1) is 0 Å². The Hall–Kier alpha value is -12.4. The third kappa shape index (κ3) is 8.60. The number of hydrogen-bond acceptors (Lipinski definition) is 2. The highest BCUT2D eigenvalue weighted by molar-refractivity contribution is 6.05. The normalized spacial score (nSPS) is 14.6. The maximum absolute atomic E-state index is 6.18. The van der Waals surface area contributed by atoms with Gasteiger partial charge in [0.05, 0.1) is 33.3 Å². The maximum atomic E-state index is 6.18. The zero-order valence-corrected chi connectivity index (χ0v) is 57.4. The summed E-state index contributed by atoms with van der Waals surface area (Å²) < 4.78 is 0. The molecule has 0 spiro atoms. The van der Waals surface area contributed by atoms with E-state index in [0.717, 1.165) is 66.9 Å². The van der Waals surface area contributed by atoms with Gasteiger partial charge in [0.15, 0.2) is 0 Å². The van der Waals surface area contributed by atoms with Crippen LogP contribution < -0.4 is 0 Å². The third-order valence-corrected chi connectivity index (χ3v) is 23.5. The molecule has 480 valence electrons. The van der Waals surface area contributed by atoms with Crippen LogP contribution in [0.25, 0.3) is 123 Å². The van der Waals surface area contributed by atoms with Crippen LogP contribution in [0.15, 0.2) is 352 Å². The van der Waals surface area contributed by atoms with Gasteiger partial charge in [-0.25, -0.2) is 9.97 Å². The summed E-state index contributed by atoms with van der Waals surface area (Å²) in [6.07, 6.45) is 0. The molecule has 102 heavy (non-hydrogen) atoms. The third-order valence-electron chi connectivity index (χ3n) is 23.5. The molecule has 4 aliphatic rings. The lowest BCUT2D eigenvalue weighted by atomic mass is 9.67. The van der Waals surface area contributed by atoms with Crippen molar-refractivity contribution in [1.82, 2.24) is 9.97 Å². The molecular weight excluding hydrogens is 1230 g/mol. The van der Waals surface area contributed by atoms with Crippen LogP contribution in [0, 0.1) is 0 Å². The number of nitrogens with zero attached hydrogens (tertiary/aromatic N) is 2. The second kappa shape index (κ2) is 22.6. The van der Waals surface area contributed by atoms with E-state index in [-0.39, 0.29) is 10.8 Å². The zero-order chi connectivity index (χ0) is 68.1. The summed E-state index contributed by atoms with van der Waals surface area (Å²) in [5.74, 6) is 0. The van der Waals surface area contributed by atoms with Gasteiger partial charge < -0.3 is 0 Å². The van der Waals surface area contributed by atoms with E-state index < -0.39 is 10.8 Å². The fourth-order valence-electron chi connectivity index (χ4n) is 18.6. The number of fused-ring (bicyclic) bond motifs is 13. The van der Waals surface area contributed by atoms with Crippen molar-refractivity contribution in [3.05, 3.63) is 419 Å². The number of hydrogen-bond donors (Lipinski definition) is 0. The standard InChI is InChI=1S/C100H70N2/c1-97(2)85-37-21-17-33-77(85)81-53-49-67(59-89(81)97)63-41-45-65(46-42-63)93-94(66-47-43-64(44-48-66)68-50-54-82-78-34-18-22-38-86(78)98(3,4)90(82)60-68)102-96-76(70-52-56-84-80-36-20-24-40-88(80)100(92(84)62-70,73-29-13-7-14-30-73)74-31-15-8-16-32-74)58-57-75(95(96)101-93)69-51-55-83-79-35-19-23-39-87(79)99(91(83)61-69,71-25-9-5-10-26-71)72-27-11-6-12-28-72/h5-62H,1-4H3. The van der Waals surface area contributed by atoms with Gasteiger partial charge in [0, 0.05) is 33.1 Å². The molecular formula is C100H70N2. The average molecular weight is 1300 g/mol. The van der Waals surface area contributed by atoms with Crippen LogP contribution in [0.5, 0.6) is 0 Å². The van der Waals surface area contributed by atoms with Crippen LogP contribution in [0.3, 0.4) is 0 Å². The Labute approximate surface area is 596 Å². The molecule has 2 nitrogen and oxygen atoms in total. The van der Waals surface area contributed by atoms with E-state index in [2.05, 4.69) is 380 Å². The SMILES string of the molecule is CC1(C)c2ccccc2-c2ccc(-c3ccc(-c4nc5c(-c6ccc7c(c6)C(c6ccccc6)(c6ccccc6)c6ccccc6-7)ccc(-c6ccc7c(c6)C(c6ccccc6)(c6ccccc6)c6ccccc6-7)c5nc4-c4ccc(-c5ccc6c(c5)C(C)(C)c5ccccc5-6)cc4)cc3)cc21. The lowest BCUT2D eigenvalue weighted by Crippen LogP contribution is -2.28. The van der Waals surface area contributed by atoms with E-state index in [0.29, 0.717) is 0 Å². The zero-order valence-electron chi connectivity index (χ0n) is 57.4. The summed E-state index contributed by atoms with van der Waals surface area (Å²) in [5, 5.41) is 0. The van der Waals surface area contributed by atoms with E-state index in [1.165, 1.54) is 122 Å². The average Bonchev–Trinajstić information content (AvgIpc) is 1.52. The summed E-state index contributed by atoms with van der Waals surface area (Å²) in [6.45, 7) is 9.44. The summed E-state index contributed by atoms with van der Waals surface area (Å²) in [7, 11) is 0. The predicted octanol–water partition coefficient (Wildman–Crippen LogP) is 25.0. The van der Waals surface area contributed by atoms with E-state index in [1.807, 2.05) is 0 Å². The highest BCUT2D eigenvalue weighted by Crippen LogP contribution is 2.60. The van der Waals surface area contributed by atoms with Crippen molar-refractivity contribution < 1.29 is 0 Å². The van der Waals surface area contributed by atoms with Crippen LogP contribution in [0.4, 0.5) is 0 Å². The van der Waals surface area contributed by atoms with Crippen LogP contribution >= 0.6 is 0 Å². The van der Waals surface area contributed by atoms with E-state index in [9.17, 15) is 0 Å². The molecule has 0 N–H and O–H groups in total. The van der Waals surface area contributed by atoms with Gasteiger partial charge in [-0.05, 0) is 169 Å². The summed E-state index contributed by atoms with van der Waals surface area (Å²) >= 11 is 0. The largest absolute Gasteiger partial charge is 0.243 e. The Morgan fingerprint density at radius 2 is 0.412 bits per heavy atom. The molecule has 0 fully saturated rings. The van der Waals surface area contributed by atoms with Gasteiger partial charge in [-0.2, -0.15) is 0 Å². The summed E-state index contributed by atoms with van der Waals surface area (Å²) in [6, 6.07) is 132. The Kier molecular flexibility index (Phi) is 13.2. The van der Waals surface area contributed by atoms with Gasteiger partial charge >= 0.3 is 0 Å². The minimum atomic E-state index is -0.607. The highest BCUT2D eigenvalue weighted by Gasteiger charge is 2.48. The monoisotopic (exact) mass is 1300 g/mol. The number of aromatic nitrogens is 2. The minimum absolute atomic E-state index is 0.127. The van der Waals surface area contributed by atoms with Gasteiger partial charge in [0.25, 0.3) is 0 Å². The van der Waals surface area contributed by atoms with Gasteiger partial charge in [-0.1, -0.05) is 355 Å². The molecule has 20 rings (SSSR count). The van der Waals surface area contributed by atoms with E-state index in [4.69, 9.17) is 9.97 Å². The lowest BCUT2D eigenvalue weighted by molar-refractivity contribution is 0.660. The second-order valence-electron chi connectivity index (χ2n) is 29.4. The molecule has 0 unspecified atom stereocenters. The molecule has 15 aromatic carbocycles. The topological polar surface area (TPSA) is 25.8 Å². The molecule has 4 aliphatic carbocycles. The minimum Gasteiger partial charge on any atom is -0.243 e. The molecule has 16 aromatic rings.